The lowest BCUT2D eigenvalue weighted by molar-refractivity contribution is 0.829. The van der Waals surface area contributed by atoms with Crippen LogP contribution in [0, 0.1) is 0 Å². The van der Waals surface area contributed by atoms with E-state index in [1.54, 1.807) is 11.8 Å². The number of hydrogen-bond acceptors (Lipinski definition) is 1. The zero-order chi connectivity index (χ0) is 9.10. The molecule has 0 aliphatic rings. The summed E-state index contributed by atoms with van der Waals surface area (Å²) in [5, 5.41) is 1.27. The van der Waals surface area contributed by atoms with Crippen molar-refractivity contribution < 1.29 is 0 Å². The Morgan fingerprint density at radius 3 is 2.38 bits per heavy atom. The maximum absolute atomic E-state index is 2.12. The van der Waals surface area contributed by atoms with Crippen LogP contribution in [-0.4, -0.2) is 4.57 Å². The number of aryl methyl sites for hydroxylation is 1. The second-order valence-corrected chi connectivity index (χ2v) is 3.97. The average Bonchev–Trinajstić information content (AvgIpc) is 2.54. The fourth-order valence-electron chi connectivity index (χ4n) is 1.16. The first kappa shape index (κ1) is 8.45. The number of benzene rings is 1. The molecule has 0 aliphatic heterocycles. The van der Waals surface area contributed by atoms with Gasteiger partial charge in [0.05, 0.1) is 5.03 Å². The number of hydrogen-bond donors (Lipinski definition) is 0. The summed E-state index contributed by atoms with van der Waals surface area (Å²) in [6.45, 7) is 0. The Morgan fingerprint density at radius 1 is 1.00 bits per heavy atom. The van der Waals surface area contributed by atoms with Gasteiger partial charge in [0.2, 0.25) is 0 Å². The van der Waals surface area contributed by atoms with Gasteiger partial charge in [0.25, 0.3) is 0 Å². The molecule has 0 bridgehead atoms. The van der Waals surface area contributed by atoms with Crippen molar-refractivity contribution in [2.45, 2.75) is 9.92 Å². The highest BCUT2D eigenvalue weighted by atomic mass is 32.2. The van der Waals surface area contributed by atoms with Crippen molar-refractivity contribution >= 4 is 11.8 Å². The van der Waals surface area contributed by atoms with Crippen molar-refractivity contribution in [3.05, 3.63) is 48.7 Å². The fraction of sp³-hybridized carbons (Fsp3) is 0.0909. The van der Waals surface area contributed by atoms with Crippen molar-refractivity contribution in [2.24, 2.45) is 7.05 Å². The van der Waals surface area contributed by atoms with Gasteiger partial charge in [-0.15, -0.1) is 0 Å². The summed E-state index contributed by atoms with van der Waals surface area (Å²) in [6.07, 6.45) is 2.06. The zero-order valence-corrected chi connectivity index (χ0v) is 8.29. The molecule has 0 fully saturated rings. The maximum Gasteiger partial charge on any atom is 0.0793 e. The smallest absolute Gasteiger partial charge is 0.0793 e. The first-order valence-electron chi connectivity index (χ1n) is 4.20. The Morgan fingerprint density at radius 2 is 1.77 bits per heavy atom. The van der Waals surface area contributed by atoms with E-state index in [-0.39, 0.29) is 0 Å². The molecule has 0 radical (unpaired) electrons. The van der Waals surface area contributed by atoms with E-state index in [4.69, 9.17) is 0 Å². The Hall–Kier alpha value is -1.15. The standard InChI is InChI=1S/C11H11NS/c1-12-9-5-8-11(12)13-10-6-3-2-4-7-10/h2-9H,1H3. The van der Waals surface area contributed by atoms with E-state index in [1.165, 1.54) is 9.92 Å². The van der Waals surface area contributed by atoms with E-state index in [2.05, 4.69) is 54.2 Å². The van der Waals surface area contributed by atoms with Gasteiger partial charge in [-0.25, -0.2) is 0 Å². The van der Waals surface area contributed by atoms with Gasteiger partial charge in [0.15, 0.2) is 0 Å². The van der Waals surface area contributed by atoms with Gasteiger partial charge in [-0.2, -0.15) is 0 Å². The highest BCUT2D eigenvalue weighted by Gasteiger charge is 1.98. The highest BCUT2D eigenvalue weighted by molar-refractivity contribution is 7.99. The lowest BCUT2D eigenvalue weighted by Crippen LogP contribution is -1.85. The Kier molecular flexibility index (Phi) is 2.41. The van der Waals surface area contributed by atoms with Crippen LogP contribution in [0.25, 0.3) is 0 Å². The van der Waals surface area contributed by atoms with Crippen molar-refractivity contribution in [2.75, 3.05) is 0 Å². The van der Waals surface area contributed by atoms with Crippen LogP contribution in [0.2, 0.25) is 0 Å². The summed E-state index contributed by atoms with van der Waals surface area (Å²) in [5.41, 5.74) is 0. The summed E-state index contributed by atoms with van der Waals surface area (Å²) in [6, 6.07) is 14.6. The van der Waals surface area contributed by atoms with Crippen molar-refractivity contribution in [1.82, 2.24) is 4.57 Å². The predicted octanol–water partition coefficient (Wildman–Crippen LogP) is 3.18. The van der Waals surface area contributed by atoms with Gasteiger partial charge in [0.1, 0.15) is 0 Å². The third-order valence-corrected chi connectivity index (χ3v) is 3.00. The first-order valence-corrected chi connectivity index (χ1v) is 5.02. The molecule has 0 atom stereocenters. The number of aromatic nitrogens is 1. The van der Waals surface area contributed by atoms with E-state index in [1.807, 2.05) is 6.07 Å². The van der Waals surface area contributed by atoms with Crippen LogP contribution in [-0.2, 0) is 7.05 Å². The lowest BCUT2D eigenvalue weighted by atomic mass is 10.4. The molecule has 66 valence electrons. The minimum absolute atomic E-state index is 1.27. The molecule has 0 saturated carbocycles. The molecular weight excluding hydrogens is 178 g/mol. The Balaban J connectivity index is 2.20. The van der Waals surface area contributed by atoms with E-state index >= 15 is 0 Å². The largest absolute Gasteiger partial charge is 0.346 e. The van der Waals surface area contributed by atoms with Gasteiger partial charge in [-0.1, -0.05) is 30.0 Å². The van der Waals surface area contributed by atoms with Gasteiger partial charge in [-0.3, -0.25) is 0 Å². The van der Waals surface area contributed by atoms with Crippen LogP contribution in [0.15, 0.2) is 58.6 Å². The van der Waals surface area contributed by atoms with Crippen molar-refractivity contribution in [3.8, 4) is 0 Å². The minimum atomic E-state index is 1.27. The molecule has 0 spiro atoms. The minimum Gasteiger partial charge on any atom is -0.346 e. The van der Waals surface area contributed by atoms with Crippen LogP contribution in [0.4, 0.5) is 0 Å². The van der Waals surface area contributed by atoms with E-state index in [9.17, 15) is 0 Å². The topological polar surface area (TPSA) is 4.93 Å². The molecule has 1 nitrogen and oxygen atoms in total. The predicted molar refractivity (Wildman–Crippen MR) is 56.0 cm³/mol. The second kappa shape index (κ2) is 3.71. The second-order valence-electron chi connectivity index (χ2n) is 2.87. The van der Waals surface area contributed by atoms with Crippen LogP contribution >= 0.6 is 11.8 Å². The molecule has 0 saturated heterocycles. The SMILES string of the molecule is Cn1cccc1Sc1ccccc1. The first-order chi connectivity index (χ1) is 6.36. The summed E-state index contributed by atoms with van der Waals surface area (Å²) in [4.78, 5) is 1.28. The summed E-state index contributed by atoms with van der Waals surface area (Å²) in [7, 11) is 2.06. The molecule has 1 aromatic heterocycles. The van der Waals surface area contributed by atoms with E-state index in [0.717, 1.165) is 0 Å². The van der Waals surface area contributed by atoms with Gasteiger partial charge in [-0.05, 0) is 24.3 Å². The third-order valence-electron chi connectivity index (χ3n) is 1.86. The van der Waals surface area contributed by atoms with Crippen LogP contribution < -0.4 is 0 Å². The Bertz CT molecular complexity index is 378. The van der Waals surface area contributed by atoms with Crippen LogP contribution in [0.3, 0.4) is 0 Å². The highest BCUT2D eigenvalue weighted by Crippen LogP contribution is 2.26. The molecule has 2 rings (SSSR count). The van der Waals surface area contributed by atoms with E-state index in [0.29, 0.717) is 0 Å². The Labute approximate surface area is 82.4 Å². The fourth-order valence-corrected chi connectivity index (χ4v) is 2.05. The van der Waals surface area contributed by atoms with E-state index < -0.39 is 0 Å². The quantitative estimate of drug-likeness (QED) is 0.702. The van der Waals surface area contributed by atoms with Crippen LogP contribution in [0.5, 0.6) is 0 Å². The average molecular weight is 189 g/mol. The van der Waals surface area contributed by atoms with Gasteiger partial charge in [0, 0.05) is 18.1 Å². The molecule has 0 aliphatic carbocycles. The number of rotatable bonds is 2. The normalized spacial score (nSPS) is 10.2. The van der Waals surface area contributed by atoms with Gasteiger partial charge < -0.3 is 4.57 Å². The maximum atomic E-state index is 2.12. The van der Waals surface area contributed by atoms with Crippen molar-refractivity contribution in [1.29, 1.82) is 0 Å². The zero-order valence-electron chi connectivity index (χ0n) is 7.47. The van der Waals surface area contributed by atoms with Gasteiger partial charge >= 0.3 is 0 Å². The molecular formula is C11H11NS. The van der Waals surface area contributed by atoms with Crippen molar-refractivity contribution in [3.63, 3.8) is 0 Å². The monoisotopic (exact) mass is 189 g/mol. The summed E-state index contributed by atoms with van der Waals surface area (Å²) >= 11 is 1.78. The third kappa shape index (κ3) is 1.95. The molecule has 0 unspecified atom stereocenters. The summed E-state index contributed by atoms with van der Waals surface area (Å²) in [5.74, 6) is 0. The molecule has 13 heavy (non-hydrogen) atoms. The summed E-state index contributed by atoms with van der Waals surface area (Å²) < 4.78 is 2.12. The molecule has 2 aromatic rings. The molecule has 1 aromatic carbocycles. The van der Waals surface area contributed by atoms with Crippen LogP contribution in [0.1, 0.15) is 0 Å². The molecule has 0 amide bonds. The molecule has 2 heteroatoms. The molecule has 1 heterocycles. The number of nitrogens with zero attached hydrogens (tertiary/aromatic N) is 1. The molecule has 0 N–H and O–H groups in total. The lowest BCUT2D eigenvalue weighted by Gasteiger charge is -2.01.